The van der Waals surface area contributed by atoms with Gasteiger partial charge in [0.1, 0.15) is 0 Å². The molecule has 3 nitrogen and oxygen atoms in total. The summed E-state index contributed by atoms with van der Waals surface area (Å²) in [5.74, 6) is 1.41. The van der Waals surface area contributed by atoms with Crippen LogP contribution in [0.3, 0.4) is 0 Å². The molecule has 0 aliphatic carbocycles. The van der Waals surface area contributed by atoms with E-state index in [0.29, 0.717) is 11.8 Å². The quantitative estimate of drug-likeness (QED) is 0.840. The maximum absolute atomic E-state index is 12.7. The monoisotopic (exact) mass is 258 g/mol. The smallest absolute Gasteiger partial charge is 0.255 e. The number of amides is 1. The predicted octanol–water partition coefficient (Wildman–Crippen LogP) is 2.77. The summed E-state index contributed by atoms with van der Waals surface area (Å²) in [5, 5.41) is 3.41. The fraction of sp³-hybridized carbons (Fsp3) is 0.562. The molecule has 2 heterocycles. The van der Waals surface area contributed by atoms with Gasteiger partial charge in [0.2, 0.25) is 0 Å². The molecule has 1 amide bonds. The highest BCUT2D eigenvalue weighted by Crippen LogP contribution is 2.29. The van der Waals surface area contributed by atoms with Gasteiger partial charge in [-0.15, -0.1) is 0 Å². The third-order valence-electron chi connectivity index (χ3n) is 4.58. The molecule has 1 N–H and O–H groups in total. The number of anilines is 1. The standard InChI is InChI=1S/C16H22N2O/c1-11-9-18(10-12(11)2)16(19)14-7-3-5-13-6-4-8-17-15(13)14/h3,5,7,11-12,17H,4,6,8-10H2,1-2H3. The van der Waals surface area contributed by atoms with Gasteiger partial charge in [-0.3, -0.25) is 4.79 Å². The molecule has 1 saturated heterocycles. The van der Waals surface area contributed by atoms with Crippen molar-refractivity contribution in [2.24, 2.45) is 11.8 Å². The van der Waals surface area contributed by atoms with Gasteiger partial charge in [-0.25, -0.2) is 0 Å². The van der Waals surface area contributed by atoms with Crippen LogP contribution in [-0.4, -0.2) is 30.4 Å². The van der Waals surface area contributed by atoms with Crippen LogP contribution in [0.4, 0.5) is 5.69 Å². The van der Waals surface area contributed by atoms with Crippen molar-refractivity contribution in [2.45, 2.75) is 26.7 Å². The molecular formula is C16H22N2O. The van der Waals surface area contributed by atoms with Crippen molar-refractivity contribution in [3.05, 3.63) is 29.3 Å². The van der Waals surface area contributed by atoms with Gasteiger partial charge in [0, 0.05) is 19.6 Å². The third kappa shape index (κ3) is 2.22. The molecule has 0 saturated carbocycles. The number of carbonyl (C=O) groups excluding carboxylic acids is 1. The zero-order valence-electron chi connectivity index (χ0n) is 11.8. The van der Waals surface area contributed by atoms with Crippen LogP contribution < -0.4 is 5.32 Å². The maximum atomic E-state index is 12.7. The van der Waals surface area contributed by atoms with Gasteiger partial charge in [0.25, 0.3) is 5.91 Å². The first-order valence-electron chi connectivity index (χ1n) is 7.32. The molecule has 0 aromatic heterocycles. The Kier molecular flexibility index (Phi) is 3.21. The number of nitrogens with one attached hydrogen (secondary N) is 1. The molecule has 0 radical (unpaired) electrons. The molecule has 19 heavy (non-hydrogen) atoms. The summed E-state index contributed by atoms with van der Waals surface area (Å²) < 4.78 is 0. The van der Waals surface area contributed by atoms with Crippen molar-refractivity contribution < 1.29 is 4.79 Å². The number of likely N-dealkylation sites (tertiary alicyclic amines) is 1. The summed E-state index contributed by atoms with van der Waals surface area (Å²) in [4.78, 5) is 14.7. The van der Waals surface area contributed by atoms with Crippen molar-refractivity contribution in [1.29, 1.82) is 0 Å². The summed E-state index contributed by atoms with van der Waals surface area (Å²) in [7, 11) is 0. The van der Waals surface area contributed by atoms with E-state index in [-0.39, 0.29) is 5.91 Å². The second kappa shape index (κ2) is 4.87. The van der Waals surface area contributed by atoms with Crippen LogP contribution in [0.5, 0.6) is 0 Å². The molecule has 2 unspecified atom stereocenters. The first kappa shape index (κ1) is 12.5. The minimum absolute atomic E-state index is 0.197. The number of benzene rings is 1. The number of fused-ring (bicyclic) bond motifs is 1. The van der Waals surface area contributed by atoms with E-state index in [9.17, 15) is 4.79 Å². The second-order valence-corrected chi connectivity index (χ2v) is 6.03. The number of para-hydroxylation sites is 1. The molecule has 2 aliphatic heterocycles. The average molecular weight is 258 g/mol. The molecule has 102 valence electrons. The lowest BCUT2D eigenvalue weighted by Crippen LogP contribution is -2.30. The number of nitrogens with zero attached hydrogens (tertiary/aromatic N) is 1. The Bertz CT molecular complexity index is 488. The van der Waals surface area contributed by atoms with Gasteiger partial charge in [-0.2, -0.15) is 0 Å². The van der Waals surface area contributed by atoms with Crippen molar-refractivity contribution in [2.75, 3.05) is 25.0 Å². The van der Waals surface area contributed by atoms with Crippen LogP contribution in [0, 0.1) is 11.8 Å². The molecule has 0 bridgehead atoms. The Morgan fingerprint density at radius 2 is 2.00 bits per heavy atom. The van der Waals surface area contributed by atoms with E-state index < -0.39 is 0 Å². The van der Waals surface area contributed by atoms with Gasteiger partial charge < -0.3 is 10.2 Å². The first-order valence-corrected chi connectivity index (χ1v) is 7.32. The summed E-state index contributed by atoms with van der Waals surface area (Å²) in [6.45, 7) is 7.23. The Morgan fingerprint density at radius 3 is 2.74 bits per heavy atom. The molecule has 1 fully saturated rings. The fourth-order valence-electron chi connectivity index (χ4n) is 3.15. The van der Waals surface area contributed by atoms with Gasteiger partial charge in [-0.05, 0) is 36.3 Å². The SMILES string of the molecule is CC1CN(C(=O)c2cccc3c2NCCC3)CC1C. The fourth-order valence-corrected chi connectivity index (χ4v) is 3.15. The third-order valence-corrected chi connectivity index (χ3v) is 4.58. The summed E-state index contributed by atoms with van der Waals surface area (Å²) in [6, 6.07) is 6.11. The van der Waals surface area contributed by atoms with Crippen molar-refractivity contribution in [1.82, 2.24) is 4.90 Å². The number of rotatable bonds is 1. The molecule has 3 heteroatoms. The zero-order valence-corrected chi connectivity index (χ0v) is 11.8. The van der Waals surface area contributed by atoms with Gasteiger partial charge in [0.05, 0.1) is 11.3 Å². The maximum Gasteiger partial charge on any atom is 0.255 e. The van der Waals surface area contributed by atoms with Crippen molar-refractivity contribution >= 4 is 11.6 Å². The highest BCUT2D eigenvalue weighted by atomic mass is 16.2. The Hall–Kier alpha value is -1.51. The topological polar surface area (TPSA) is 32.3 Å². The van der Waals surface area contributed by atoms with Crippen LogP contribution >= 0.6 is 0 Å². The van der Waals surface area contributed by atoms with Gasteiger partial charge in [-0.1, -0.05) is 26.0 Å². The van der Waals surface area contributed by atoms with Crippen molar-refractivity contribution in [3.8, 4) is 0 Å². The molecular weight excluding hydrogens is 236 g/mol. The lowest BCUT2D eigenvalue weighted by Gasteiger charge is -2.23. The molecule has 1 aromatic rings. The summed E-state index contributed by atoms with van der Waals surface area (Å²) in [5.41, 5.74) is 3.22. The highest BCUT2D eigenvalue weighted by Gasteiger charge is 2.31. The minimum atomic E-state index is 0.197. The normalized spacial score (nSPS) is 25.9. The second-order valence-electron chi connectivity index (χ2n) is 6.03. The van der Waals surface area contributed by atoms with Crippen LogP contribution in [0.15, 0.2) is 18.2 Å². The van der Waals surface area contributed by atoms with Crippen LogP contribution in [0.25, 0.3) is 0 Å². The first-order chi connectivity index (χ1) is 9.16. The predicted molar refractivity (Wildman–Crippen MR) is 77.5 cm³/mol. The van der Waals surface area contributed by atoms with Crippen LogP contribution in [-0.2, 0) is 6.42 Å². The molecule has 3 rings (SSSR count). The van der Waals surface area contributed by atoms with Gasteiger partial charge in [0.15, 0.2) is 0 Å². The Balaban J connectivity index is 1.88. The van der Waals surface area contributed by atoms with E-state index in [4.69, 9.17) is 0 Å². The lowest BCUT2D eigenvalue weighted by molar-refractivity contribution is 0.0786. The number of hydrogen-bond acceptors (Lipinski definition) is 2. The minimum Gasteiger partial charge on any atom is -0.384 e. The number of hydrogen-bond donors (Lipinski definition) is 1. The van der Waals surface area contributed by atoms with Crippen LogP contribution in [0.2, 0.25) is 0 Å². The average Bonchev–Trinajstić information content (AvgIpc) is 2.77. The van der Waals surface area contributed by atoms with Crippen molar-refractivity contribution in [3.63, 3.8) is 0 Å². The van der Waals surface area contributed by atoms with Crippen LogP contribution in [0.1, 0.15) is 36.2 Å². The van der Waals surface area contributed by atoms with Gasteiger partial charge >= 0.3 is 0 Å². The van der Waals surface area contributed by atoms with E-state index in [0.717, 1.165) is 43.7 Å². The molecule has 2 aliphatic rings. The molecule has 1 aromatic carbocycles. The molecule has 0 spiro atoms. The zero-order chi connectivity index (χ0) is 13.4. The lowest BCUT2D eigenvalue weighted by atomic mass is 9.99. The van der Waals surface area contributed by atoms with E-state index in [1.165, 1.54) is 5.56 Å². The molecule has 2 atom stereocenters. The van der Waals surface area contributed by atoms with E-state index in [1.807, 2.05) is 17.0 Å². The van der Waals surface area contributed by atoms with E-state index in [2.05, 4.69) is 25.2 Å². The Labute approximate surface area is 115 Å². The van der Waals surface area contributed by atoms with E-state index in [1.54, 1.807) is 0 Å². The summed E-state index contributed by atoms with van der Waals surface area (Å²) >= 11 is 0. The van der Waals surface area contributed by atoms with E-state index >= 15 is 0 Å². The largest absolute Gasteiger partial charge is 0.384 e. The Morgan fingerprint density at radius 1 is 1.26 bits per heavy atom. The number of aryl methyl sites for hydroxylation is 1. The highest BCUT2D eigenvalue weighted by molar-refractivity contribution is 6.00. The summed E-state index contributed by atoms with van der Waals surface area (Å²) in [6.07, 6.45) is 2.23. The number of carbonyl (C=O) groups is 1.